The zero-order valence-corrected chi connectivity index (χ0v) is 10.7. The molecule has 1 unspecified atom stereocenters. The maximum absolute atomic E-state index is 10.2. The number of hydrogen-bond acceptors (Lipinski definition) is 2. The Bertz CT molecular complexity index is 506. The molecule has 0 aliphatic carbocycles. The third-order valence-corrected chi connectivity index (χ3v) is 3.18. The summed E-state index contributed by atoms with van der Waals surface area (Å²) in [4.78, 5) is 4.36. The van der Waals surface area contributed by atoms with Crippen LogP contribution in [0.15, 0.2) is 48.7 Å². The van der Waals surface area contributed by atoms with Crippen LogP contribution in [0.2, 0.25) is 0 Å². The van der Waals surface area contributed by atoms with Crippen LogP contribution in [0.25, 0.3) is 11.3 Å². The van der Waals surface area contributed by atoms with Crippen molar-refractivity contribution in [2.45, 2.75) is 19.3 Å². The lowest BCUT2D eigenvalue weighted by molar-refractivity contribution is 0.0766. The third kappa shape index (κ3) is 2.46. The van der Waals surface area contributed by atoms with Gasteiger partial charge in [0.2, 0.25) is 0 Å². The second kappa shape index (κ2) is 4.95. The van der Waals surface area contributed by atoms with E-state index in [1.54, 1.807) is 6.20 Å². The standard InChI is InChI=1S/C15H16BNO/c1-11(2)15(16,18)13-8-9-14(17-10-13)12-6-4-3-5-7-12/h3-11,18H,1-2H3. The Balaban J connectivity index is 2.32. The maximum atomic E-state index is 10.2. The Morgan fingerprint density at radius 3 is 2.28 bits per heavy atom. The van der Waals surface area contributed by atoms with Crippen molar-refractivity contribution in [1.82, 2.24) is 4.98 Å². The van der Waals surface area contributed by atoms with Crippen molar-refractivity contribution < 1.29 is 5.11 Å². The van der Waals surface area contributed by atoms with Crippen LogP contribution >= 0.6 is 0 Å². The molecule has 18 heavy (non-hydrogen) atoms. The highest BCUT2D eigenvalue weighted by atomic mass is 16.3. The molecule has 2 radical (unpaired) electrons. The van der Waals surface area contributed by atoms with E-state index >= 15 is 0 Å². The van der Waals surface area contributed by atoms with Crippen molar-refractivity contribution in [2.75, 3.05) is 0 Å². The first-order valence-corrected chi connectivity index (χ1v) is 6.05. The van der Waals surface area contributed by atoms with Crippen LogP contribution in [-0.2, 0) is 5.50 Å². The molecule has 0 saturated heterocycles. The van der Waals surface area contributed by atoms with Crippen LogP contribution in [0.4, 0.5) is 0 Å². The molecular weight excluding hydrogens is 221 g/mol. The molecule has 1 N–H and O–H groups in total. The van der Waals surface area contributed by atoms with Gasteiger partial charge in [-0.15, -0.1) is 0 Å². The number of aliphatic hydroxyl groups is 1. The highest BCUT2D eigenvalue weighted by Crippen LogP contribution is 2.26. The quantitative estimate of drug-likeness (QED) is 0.832. The van der Waals surface area contributed by atoms with Crippen LogP contribution in [-0.4, -0.2) is 17.9 Å². The van der Waals surface area contributed by atoms with Crippen LogP contribution in [0.5, 0.6) is 0 Å². The maximum Gasteiger partial charge on any atom is 0.120 e. The van der Waals surface area contributed by atoms with E-state index in [2.05, 4.69) is 4.98 Å². The summed E-state index contributed by atoms with van der Waals surface area (Å²) >= 11 is 0. The molecule has 0 aliphatic heterocycles. The molecule has 2 rings (SSSR count). The average Bonchev–Trinajstić information content (AvgIpc) is 2.40. The van der Waals surface area contributed by atoms with Crippen LogP contribution in [0.3, 0.4) is 0 Å². The van der Waals surface area contributed by atoms with Gasteiger partial charge >= 0.3 is 0 Å². The van der Waals surface area contributed by atoms with Crippen molar-refractivity contribution in [2.24, 2.45) is 5.92 Å². The van der Waals surface area contributed by atoms with Gasteiger partial charge in [-0.1, -0.05) is 50.2 Å². The van der Waals surface area contributed by atoms with Gasteiger partial charge in [-0.3, -0.25) is 4.98 Å². The third-order valence-electron chi connectivity index (χ3n) is 3.18. The average molecular weight is 237 g/mol. The second-order valence-electron chi connectivity index (χ2n) is 4.78. The molecule has 1 heterocycles. The largest absolute Gasteiger partial charge is 0.395 e. The smallest absolute Gasteiger partial charge is 0.120 e. The van der Waals surface area contributed by atoms with Gasteiger partial charge in [0, 0.05) is 11.8 Å². The van der Waals surface area contributed by atoms with E-state index in [0.29, 0.717) is 5.56 Å². The van der Waals surface area contributed by atoms with Crippen LogP contribution in [0, 0.1) is 5.92 Å². The second-order valence-corrected chi connectivity index (χ2v) is 4.78. The fraction of sp³-hybridized carbons (Fsp3) is 0.267. The van der Waals surface area contributed by atoms with Crippen molar-refractivity contribution in [3.63, 3.8) is 0 Å². The Morgan fingerprint density at radius 1 is 1.11 bits per heavy atom. The molecule has 0 bridgehead atoms. The number of hydrogen-bond donors (Lipinski definition) is 1. The minimum absolute atomic E-state index is 0.0677. The number of pyridine rings is 1. The van der Waals surface area contributed by atoms with Gasteiger partial charge in [0.05, 0.1) is 11.2 Å². The summed E-state index contributed by atoms with van der Waals surface area (Å²) in [6.07, 6.45) is 1.64. The van der Waals surface area contributed by atoms with Gasteiger partial charge in [-0.2, -0.15) is 0 Å². The molecule has 1 aromatic heterocycles. The molecule has 2 nitrogen and oxygen atoms in total. The van der Waals surface area contributed by atoms with E-state index in [1.807, 2.05) is 56.3 Å². The van der Waals surface area contributed by atoms with E-state index in [1.165, 1.54) is 0 Å². The molecule has 0 saturated carbocycles. The molecular formula is C15H16BNO. The van der Waals surface area contributed by atoms with Crippen molar-refractivity contribution in [3.05, 3.63) is 54.2 Å². The van der Waals surface area contributed by atoms with Crippen LogP contribution in [0.1, 0.15) is 19.4 Å². The summed E-state index contributed by atoms with van der Waals surface area (Å²) in [6.45, 7) is 3.76. The van der Waals surface area contributed by atoms with Gasteiger partial charge in [-0.05, 0) is 17.5 Å². The molecule has 3 heteroatoms. The first kappa shape index (κ1) is 12.8. The SMILES string of the molecule is [B]C(O)(c1ccc(-c2ccccc2)nc1)C(C)C. The number of rotatable bonds is 3. The lowest BCUT2D eigenvalue weighted by Crippen LogP contribution is -2.32. The Hall–Kier alpha value is -1.61. The molecule has 2 aromatic rings. The van der Waals surface area contributed by atoms with E-state index < -0.39 is 5.50 Å². The summed E-state index contributed by atoms with van der Waals surface area (Å²) in [6, 6.07) is 13.6. The van der Waals surface area contributed by atoms with Crippen molar-refractivity contribution in [3.8, 4) is 11.3 Å². The summed E-state index contributed by atoms with van der Waals surface area (Å²) in [5, 5.41) is 10.2. The number of nitrogens with zero attached hydrogens (tertiary/aromatic N) is 1. The normalized spacial score (nSPS) is 14.4. The minimum atomic E-state index is -1.33. The van der Waals surface area contributed by atoms with E-state index in [9.17, 15) is 5.11 Å². The summed E-state index contributed by atoms with van der Waals surface area (Å²) < 4.78 is 0. The highest BCUT2D eigenvalue weighted by molar-refractivity contribution is 6.14. The fourth-order valence-corrected chi connectivity index (χ4v) is 1.74. The van der Waals surface area contributed by atoms with Gasteiger partial charge in [0.25, 0.3) is 0 Å². The molecule has 1 atom stereocenters. The summed E-state index contributed by atoms with van der Waals surface area (Å²) in [5.74, 6) is -0.0677. The zero-order valence-electron chi connectivity index (χ0n) is 10.7. The Kier molecular flexibility index (Phi) is 3.53. The van der Waals surface area contributed by atoms with Crippen LogP contribution < -0.4 is 0 Å². The predicted molar refractivity (Wildman–Crippen MR) is 74.2 cm³/mol. The minimum Gasteiger partial charge on any atom is -0.395 e. The van der Waals surface area contributed by atoms with Gasteiger partial charge in [0.15, 0.2) is 0 Å². The number of aromatic nitrogens is 1. The molecule has 0 aliphatic rings. The molecule has 1 aromatic carbocycles. The summed E-state index contributed by atoms with van der Waals surface area (Å²) in [7, 11) is 5.89. The van der Waals surface area contributed by atoms with Crippen molar-refractivity contribution >= 4 is 7.85 Å². The molecule has 0 amide bonds. The lowest BCUT2D eigenvalue weighted by atomic mass is 9.69. The Morgan fingerprint density at radius 2 is 1.78 bits per heavy atom. The van der Waals surface area contributed by atoms with Crippen molar-refractivity contribution in [1.29, 1.82) is 0 Å². The monoisotopic (exact) mass is 237 g/mol. The Labute approximate surface area is 109 Å². The first-order valence-electron chi connectivity index (χ1n) is 6.05. The van der Waals surface area contributed by atoms with E-state index in [4.69, 9.17) is 7.85 Å². The molecule has 90 valence electrons. The van der Waals surface area contributed by atoms with Gasteiger partial charge in [-0.25, -0.2) is 0 Å². The molecule has 0 fully saturated rings. The van der Waals surface area contributed by atoms with E-state index in [0.717, 1.165) is 11.3 Å². The fourth-order valence-electron chi connectivity index (χ4n) is 1.74. The highest BCUT2D eigenvalue weighted by Gasteiger charge is 2.26. The zero-order chi connectivity index (χ0) is 13.2. The topological polar surface area (TPSA) is 33.1 Å². The molecule has 0 spiro atoms. The van der Waals surface area contributed by atoms with Gasteiger partial charge in [0.1, 0.15) is 7.85 Å². The van der Waals surface area contributed by atoms with E-state index in [-0.39, 0.29) is 5.92 Å². The number of benzene rings is 1. The lowest BCUT2D eigenvalue weighted by Gasteiger charge is -2.28. The first-order chi connectivity index (χ1) is 8.51. The predicted octanol–water partition coefficient (Wildman–Crippen LogP) is 2.72. The summed E-state index contributed by atoms with van der Waals surface area (Å²) in [5.41, 5.74) is 1.23. The van der Waals surface area contributed by atoms with Gasteiger partial charge < -0.3 is 5.11 Å².